The second kappa shape index (κ2) is 13.9. The molecule has 25 heavy (non-hydrogen) atoms. The molecule has 1 heterocycles. The summed E-state index contributed by atoms with van der Waals surface area (Å²) in [7, 11) is 0. The molecule has 1 aromatic rings. The molecule has 0 aromatic carbocycles. The summed E-state index contributed by atoms with van der Waals surface area (Å²) in [6, 6.07) is 4.49. The number of carboxylic acid groups (broad SMARTS) is 2. The molecule has 0 radical (unpaired) electrons. The van der Waals surface area contributed by atoms with Crippen molar-refractivity contribution in [1.29, 1.82) is 0 Å². The van der Waals surface area contributed by atoms with Gasteiger partial charge in [-0.3, -0.25) is 9.59 Å². The number of unbranched alkanes of at least 4 members (excludes halogenated alkanes) is 8. The normalized spacial score (nSPS) is 10.9. The first kappa shape index (κ1) is 21.7. The zero-order valence-corrected chi connectivity index (χ0v) is 16.0. The van der Waals surface area contributed by atoms with E-state index in [1.54, 1.807) is 0 Å². The Morgan fingerprint density at radius 1 is 0.640 bits per heavy atom. The molecular weight excluding hydrogens is 336 g/mol. The number of carboxylic acids is 2. The van der Waals surface area contributed by atoms with E-state index in [2.05, 4.69) is 12.1 Å². The van der Waals surface area contributed by atoms with Crippen LogP contribution in [0.5, 0.6) is 0 Å². The van der Waals surface area contributed by atoms with Gasteiger partial charge in [-0.15, -0.1) is 11.3 Å². The van der Waals surface area contributed by atoms with E-state index in [1.165, 1.54) is 35.4 Å². The van der Waals surface area contributed by atoms with Crippen LogP contribution in [0.25, 0.3) is 0 Å². The monoisotopic (exact) mass is 368 g/mol. The minimum atomic E-state index is -0.689. The van der Waals surface area contributed by atoms with Crippen molar-refractivity contribution in [3.8, 4) is 0 Å². The number of aliphatic carboxylic acids is 2. The Hall–Kier alpha value is -1.36. The largest absolute Gasteiger partial charge is 0.481 e. The van der Waals surface area contributed by atoms with Crippen molar-refractivity contribution in [2.24, 2.45) is 0 Å². The van der Waals surface area contributed by atoms with E-state index in [-0.39, 0.29) is 0 Å². The number of hydrogen-bond donors (Lipinski definition) is 2. The minimum absolute atomic E-state index is 0.299. The summed E-state index contributed by atoms with van der Waals surface area (Å²) in [5.74, 6) is -1.38. The smallest absolute Gasteiger partial charge is 0.303 e. The topological polar surface area (TPSA) is 74.6 Å². The molecule has 2 N–H and O–H groups in total. The molecule has 0 aliphatic rings. The molecule has 0 atom stereocenters. The second-order valence-corrected chi connectivity index (χ2v) is 7.94. The average Bonchev–Trinajstić information content (AvgIpc) is 3.00. The zero-order valence-electron chi connectivity index (χ0n) is 15.2. The Morgan fingerprint density at radius 3 is 1.40 bits per heavy atom. The van der Waals surface area contributed by atoms with Crippen LogP contribution in [0.3, 0.4) is 0 Å². The molecule has 0 unspecified atom stereocenters. The predicted molar refractivity (Wildman–Crippen MR) is 102 cm³/mol. The molecule has 142 valence electrons. The van der Waals surface area contributed by atoms with Crippen LogP contribution in [0.1, 0.15) is 86.8 Å². The third-order valence-corrected chi connectivity index (χ3v) is 5.55. The highest BCUT2D eigenvalue weighted by molar-refractivity contribution is 7.11. The summed E-state index contributed by atoms with van der Waals surface area (Å²) < 4.78 is 0. The maximum absolute atomic E-state index is 10.4. The molecule has 0 bridgehead atoms. The molecule has 0 spiro atoms. The van der Waals surface area contributed by atoms with Crippen molar-refractivity contribution >= 4 is 23.3 Å². The van der Waals surface area contributed by atoms with Gasteiger partial charge in [-0.1, -0.05) is 38.5 Å². The molecule has 5 heteroatoms. The van der Waals surface area contributed by atoms with Crippen molar-refractivity contribution in [2.45, 2.75) is 89.9 Å². The molecule has 1 aromatic heterocycles. The van der Waals surface area contributed by atoms with Gasteiger partial charge in [0.2, 0.25) is 0 Å². The lowest BCUT2D eigenvalue weighted by atomic mass is 10.1. The van der Waals surface area contributed by atoms with Gasteiger partial charge in [-0.2, -0.15) is 0 Å². The van der Waals surface area contributed by atoms with Crippen molar-refractivity contribution in [1.82, 2.24) is 0 Å². The van der Waals surface area contributed by atoms with E-state index in [0.717, 1.165) is 51.4 Å². The SMILES string of the molecule is O=C(O)CCCCCCCc1ccc(CCCCCCCC(=O)O)s1. The van der Waals surface area contributed by atoms with E-state index >= 15 is 0 Å². The van der Waals surface area contributed by atoms with Gasteiger partial charge in [0.15, 0.2) is 0 Å². The Morgan fingerprint density at radius 2 is 1.00 bits per heavy atom. The molecule has 0 saturated heterocycles. The summed E-state index contributed by atoms with van der Waals surface area (Å²) in [6.45, 7) is 0. The standard InChI is InChI=1S/C20H32O4S/c21-19(22)13-9-5-1-3-7-11-17-15-16-18(25-17)12-8-4-2-6-10-14-20(23)24/h15-16H,1-14H2,(H,21,22)(H,23,24). The second-order valence-electron chi connectivity index (χ2n) is 6.69. The van der Waals surface area contributed by atoms with Crippen LogP contribution >= 0.6 is 11.3 Å². The molecular formula is C20H32O4S. The van der Waals surface area contributed by atoms with Gasteiger partial charge in [-0.05, 0) is 50.7 Å². The molecule has 4 nitrogen and oxygen atoms in total. The zero-order chi connectivity index (χ0) is 18.3. The lowest BCUT2D eigenvalue weighted by Gasteiger charge is -2.00. The van der Waals surface area contributed by atoms with E-state index in [4.69, 9.17) is 10.2 Å². The van der Waals surface area contributed by atoms with Crippen molar-refractivity contribution < 1.29 is 19.8 Å². The summed E-state index contributed by atoms with van der Waals surface area (Å²) >= 11 is 1.92. The van der Waals surface area contributed by atoms with Crippen LogP contribution < -0.4 is 0 Å². The van der Waals surface area contributed by atoms with Gasteiger partial charge < -0.3 is 10.2 Å². The molecule has 0 aliphatic carbocycles. The molecule has 0 aliphatic heterocycles. The maximum atomic E-state index is 10.4. The first-order chi connectivity index (χ1) is 12.1. The number of carbonyl (C=O) groups is 2. The Bertz CT molecular complexity index is 453. The Balaban J connectivity index is 1.98. The van der Waals surface area contributed by atoms with Crippen LogP contribution in [0.4, 0.5) is 0 Å². The van der Waals surface area contributed by atoms with E-state index in [1.807, 2.05) is 11.3 Å². The maximum Gasteiger partial charge on any atom is 0.303 e. The van der Waals surface area contributed by atoms with Gasteiger partial charge in [0.1, 0.15) is 0 Å². The third kappa shape index (κ3) is 12.6. The predicted octanol–water partition coefficient (Wildman–Crippen LogP) is 5.68. The highest BCUT2D eigenvalue weighted by Gasteiger charge is 2.02. The fourth-order valence-corrected chi connectivity index (χ4v) is 4.00. The summed E-state index contributed by atoms with van der Waals surface area (Å²) in [5, 5.41) is 17.2. The highest BCUT2D eigenvalue weighted by atomic mass is 32.1. The molecule has 0 saturated carbocycles. The summed E-state index contributed by atoms with van der Waals surface area (Å²) in [4.78, 5) is 23.8. The fraction of sp³-hybridized carbons (Fsp3) is 0.700. The van der Waals surface area contributed by atoms with Gasteiger partial charge in [-0.25, -0.2) is 0 Å². The number of hydrogen-bond acceptors (Lipinski definition) is 3. The van der Waals surface area contributed by atoms with Gasteiger partial charge >= 0.3 is 11.9 Å². The molecule has 1 rings (SSSR count). The average molecular weight is 369 g/mol. The van der Waals surface area contributed by atoms with Crippen LogP contribution in [0.2, 0.25) is 0 Å². The van der Waals surface area contributed by atoms with Crippen LogP contribution in [-0.4, -0.2) is 22.2 Å². The third-order valence-electron chi connectivity index (χ3n) is 4.34. The first-order valence-electron chi connectivity index (χ1n) is 9.59. The minimum Gasteiger partial charge on any atom is -0.481 e. The van der Waals surface area contributed by atoms with Crippen LogP contribution in [0, 0.1) is 0 Å². The lowest BCUT2D eigenvalue weighted by molar-refractivity contribution is -0.138. The Kier molecular flexibility index (Phi) is 12.0. The van der Waals surface area contributed by atoms with E-state index in [9.17, 15) is 9.59 Å². The quantitative estimate of drug-likeness (QED) is 0.368. The van der Waals surface area contributed by atoms with E-state index < -0.39 is 11.9 Å². The van der Waals surface area contributed by atoms with Gasteiger partial charge in [0.05, 0.1) is 0 Å². The van der Waals surface area contributed by atoms with Crippen molar-refractivity contribution in [2.75, 3.05) is 0 Å². The van der Waals surface area contributed by atoms with Gasteiger partial charge in [0.25, 0.3) is 0 Å². The fourth-order valence-electron chi connectivity index (χ4n) is 2.90. The molecule has 0 amide bonds. The van der Waals surface area contributed by atoms with Gasteiger partial charge in [0, 0.05) is 22.6 Å². The number of rotatable bonds is 16. The van der Waals surface area contributed by atoms with Crippen molar-refractivity contribution in [3.63, 3.8) is 0 Å². The number of aryl methyl sites for hydroxylation is 2. The first-order valence-corrected chi connectivity index (χ1v) is 10.4. The summed E-state index contributed by atoms with van der Waals surface area (Å²) in [5.41, 5.74) is 0. The van der Waals surface area contributed by atoms with Crippen molar-refractivity contribution in [3.05, 3.63) is 21.9 Å². The van der Waals surface area contributed by atoms with E-state index in [0.29, 0.717) is 12.8 Å². The van der Waals surface area contributed by atoms with Crippen LogP contribution in [-0.2, 0) is 22.4 Å². The Labute approximate surface area is 155 Å². The number of thiophene rings is 1. The summed E-state index contributed by atoms with van der Waals surface area (Å²) in [6.07, 6.45) is 13.5. The highest BCUT2D eigenvalue weighted by Crippen LogP contribution is 2.21. The van der Waals surface area contributed by atoms with Crippen LogP contribution in [0.15, 0.2) is 12.1 Å². The lowest BCUT2D eigenvalue weighted by Crippen LogP contribution is -1.93. The molecule has 0 fully saturated rings.